The van der Waals surface area contributed by atoms with Crippen molar-refractivity contribution in [1.29, 1.82) is 0 Å². The van der Waals surface area contributed by atoms with Crippen LogP contribution in [0.4, 0.5) is 5.82 Å². The van der Waals surface area contributed by atoms with Crippen molar-refractivity contribution < 1.29 is 0 Å². The van der Waals surface area contributed by atoms with Crippen molar-refractivity contribution in [2.75, 3.05) is 11.1 Å². The topological polar surface area (TPSA) is 37.8 Å². The smallest absolute Gasteiger partial charge is 0.190 e. The maximum Gasteiger partial charge on any atom is 0.190 e. The molecule has 3 nitrogen and oxygen atoms in total. The van der Waals surface area contributed by atoms with Crippen LogP contribution in [0.3, 0.4) is 0 Å². The Balaban J connectivity index is 2.52. The summed E-state index contributed by atoms with van der Waals surface area (Å²) in [6.07, 6.45) is 0. The molecule has 0 aliphatic rings. The minimum absolute atomic E-state index is 0.368. The zero-order valence-electron chi connectivity index (χ0n) is 10.4. The molecule has 4 heteroatoms. The van der Waals surface area contributed by atoms with Crippen LogP contribution in [0.5, 0.6) is 0 Å². The number of hydrogen-bond acceptors (Lipinski definition) is 4. The van der Waals surface area contributed by atoms with E-state index in [2.05, 4.69) is 42.1 Å². The van der Waals surface area contributed by atoms with Crippen molar-refractivity contribution in [3.63, 3.8) is 0 Å². The molecular formula is C13H17N3S. The molecule has 0 bridgehead atoms. The molecule has 0 radical (unpaired) electrons. The molecular weight excluding hydrogens is 230 g/mol. The minimum atomic E-state index is 0.368. The molecule has 0 saturated heterocycles. The molecule has 1 heterocycles. The summed E-state index contributed by atoms with van der Waals surface area (Å²) in [6.45, 7) is 6.34. The molecule has 0 amide bonds. The number of para-hydroxylation sites is 1. The highest BCUT2D eigenvalue weighted by atomic mass is 32.2. The first kappa shape index (κ1) is 12.2. The van der Waals surface area contributed by atoms with Crippen LogP contribution < -0.4 is 5.32 Å². The number of thioether (sulfide) groups is 1. The first-order valence-corrected chi connectivity index (χ1v) is 6.85. The SMILES string of the molecule is CCSc1nc(NC(C)C)c2ccccc2n1. The Morgan fingerprint density at radius 3 is 2.71 bits per heavy atom. The third-order valence-electron chi connectivity index (χ3n) is 2.28. The van der Waals surface area contributed by atoms with Gasteiger partial charge in [0.25, 0.3) is 0 Å². The Kier molecular flexibility index (Phi) is 3.84. The van der Waals surface area contributed by atoms with Gasteiger partial charge in [-0.3, -0.25) is 0 Å². The third-order valence-corrected chi connectivity index (χ3v) is 3.01. The van der Waals surface area contributed by atoms with Gasteiger partial charge >= 0.3 is 0 Å². The average Bonchev–Trinajstić information content (AvgIpc) is 2.29. The fourth-order valence-corrected chi connectivity index (χ4v) is 2.21. The van der Waals surface area contributed by atoms with Crippen LogP contribution in [0.15, 0.2) is 29.4 Å². The Morgan fingerprint density at radius 2 is 2.00 bits per heavy atom. The van der Waals surface area contributed by atoms with E-state index in [1.165, 1.54) is 0 Å². The Hall–Kier alpha value is -1.29. The number of anilines is 1. The number of nitrogens with zero attached hydrogens (tertiary/aromatic N) is 2. The summed E-state index contributed by atoms with van der Waals surface area (Å²) in [6, 6.07) is 8.48. The van der Waals surface area contributed by atoms with E-state index in [4.69, 9.17) is 0 Å². The lowest BCUT2D eigenvalue weighted by atomic mass is 10.2. The molecule has 1 aromatic heterocycles. The molecule has 2 rings (SSSR count). The van der Waals surface area contributed by atoms with Crippen molar-refractivity contribution in [3.8, 4) is 0 Å². The van der Waals surface area contributed by atoms with E-state index in [1.54, 1.807) is 11.8 Å². The van der Waals surface area contributed by atoms with Crippen molar-refractivity contribution in [1.82, 2.24) is 9.97 Å². The first-order valence-electron chi connectivity index (χ1n) is 5.87. The summed E-state index contributed by atoms with van der Waals surface area (Å²) in [5, 5.41) is 5.31. The van der Waals surface area contributed by atoms with Gasteiger partial charge in [-0.15, -0.1) is 0 Å². The van der Waals surface area contributed by atoms with Crippen LogP contribution in [0.1, 0.15) is 20.8 Å². The van der Waals surface area contributed by atoms with Gasteiger partial charge < -0.3 is 5.32 Å². The molecule has 0 atom stereocenters. The van der Waals surface area contributed by atoms with Gasteiger partial charge in [-0.1, -0.05) is 30.8 Å². The highest BCUT2D eigenvalue weighted by Crippen LogP contribution is 2.24. The standard InChI is InChI=1S/C13H17N3S/c1-4-17-13-15-11-8-6-5-7-10(11)12(16-13)14-9(2)3/h5-9H,4H2,1-3H3,(H,14,15,16). The molecule has 0 fully saturated rings. The average molecular weight is 247 g/mol. The fraction of sp³-hybridized carbons (Fsp3) is 0.385. The lowest BCUT2D eigenvalue weighted by Gasteiger charge is -2.12. The van der Waals surface area contributed by atoms with Crippen LogP contribution in [0.2, 0.25) is 0 Å². The van der Waals surface area contributed by atoms with E-state index in [1.807, 2.05) is 18.2 Å². The maximum atomic E-state index is 4.57. The molecule has 0 aliphatic carbocycles. The van der Waals surface area contributed by atoms with Crippen LogP contribution in [0.25, 0.3) is 10.9 Å². The molecule has 0 unspecified atom stereocenters. The molecule has 0 saturated carbocycles. The van der Waals surface area contributed by atoms with Gasteiger partial charge in [0, 0.05) is 11.4 Å². The summed E-state index contributed by atoms with van der Waals surface area (Å²) < 4.78 is 0. The number of hydrogen-bond donors (Lipinski definition) is 1. The lowest BCUT2D eigenvalue weighted by Crippen LogP contribution is -2.12. The summed E-state index contributed by atoms with van der Waals surface area (Å²) in [4.78, 5) is 9.12. The Labute approximate surface area is 106 Å². The molecule has 1 aromatic carbocycles. The van der Waals surface area contributed by atoms with Gasteiger partial charge in [-0.05, 0) is 31.7 Å². The minimum Gasteiger partial charge on any atom is -0.367 e. The number of fused-ring (bicyclic) bond motifs is 1. The normalized spacial score (nSPS) is 11.1. The second kappa shape index (κ2) is 5.36. The van der Waals surface area contributed by atoms with Crippen LogP contribution in [-0.2, 0) is 0 Å². The van der Waals surface area contributed by atoms with Gasteiger partial charge in [-0.2, -0.15) is 0 Å². The Bertz CT molecular complexity index is 511. The van der Waals surface area contributed by atoms with Crippen molar-refractivity contribution in [3.05, 3.63) is 24.3 Å². The molecule has 17 heavy (non-hydrogen) atoms. The highest BCUT2D eigenvalue weighted by molar-refractivity contribution is 7.99. The lowest BCUT2D eigenvalue weighted by molar-refractivity contribution is 0.876. The molecule has 0 spiro atoms. The van der Waals surface area contributed by atoms with E-state index in [0.29, 0.717) is 6.04 Å². The predicted molar refractivity (Wildman–Crippen MR) is 74.7 cm³/mol. The van der Waals surface area contributed by atoms with Crippen molar-refractivity contribution in [2.24, 2.45) is 0 Å². The highest BCUT2D eigenvalue weighted by Gasteiger charge is 2.07. The maximum absolute atomic E-state index is 4.57. The van der Waals surface area contributed by atoms with Crippen molar-refractivity contribution >= 4 is 28.5 Å². The summed E-state index contributed by atoms with van der Waals surface area (Å²) >= 11 is 1.67. The van der Waals surface area contributed by atoms with Gasteiger partial charge in [0.05, 0.1) is 5.52 Å². The van der Waals surface area contributed by atoms with E-state index in [9.17, 15) is 0 Å². The zero-order chi connectivity index (χ0) is 12.3. The molecule has 0 aliphatic heterocycles. The Morgan fingerprint density at radius 1 is 1.24 bits per heavy atom. The molecule has 2 aromatic rings. The van der Waals surface area contributed by atoms with Crippen LogP contribution >= 0.6 is 11.8 Å². The zero-order valence-corrected chi connectivity index (χ0v) is 11.2. The van der Waals surface area contributed by atoms with E-state index < -0.39 is 0 Å². The second-order valence-electron chi connectivity index (χ2n) is 4.10. The quantitative estimate of drug-likeness (QED) is 0.662. The largest absolute Gasteiger partial charge is 0.367 e. The van der Waals surface area contributed by atoms with Crippen LogP contribution in [0, 0.1) is 0 Å². The van der Waals surface area contributed by atoms with Gasteiger partial charge in [0.2, 0.25) is 0 Å². The van der Waals surface area contributed by atoms with Crippen LogP contribution in [-0.4, -0.2) is 21.8 Å². The molecule has 1 N–H and O–H groups in total. The number of nitrogens with one attached hydrogen (secondary N) is 1. The molecule has 90 valence electrons. The summed E-state index contributed by atoms with van der Waals surface area (Å²) in [5.41, 5.74) is 1.00. The number of benzene rings is 1. The van der Waals surface area contributed by atoms with E-state index in [0.717, 1.165) is 27.6 Å². The predicted octanol–water partition coefficient (Wildman–Crippen LogP) is 3.56. The third kappa shape index (κ3) is 2.88. The van der Waals surface area contributed by atoms with E-state index >= 15 is 0 Å². The number of rotatable bonds is 4. The summed E-state index contributed by atoms with van der Waals surface area (Å²) in [5.74, 6) is 1.92. The van der Waals surface area contributed by atoms with Gasteiger partial charge in [0.1, 0.15) is 5.82 Å². The fourth-order valence-electron chi connectivity index (χ4n) is 1.63. The van der Waals surface area contributed by atoms with Crippen molar-refractivity contribution in [2.45, 2.75) is 32.0 Å². The van der Waals surface area contributed by atoms with Gasteiger partial charge in [0.15, 0.2) is 5.16 Å². The summed E-state index contributed by atoms with van der Waals surface area (Å²) in [7, 11) is 0. The monoisotopic (exact) mass is 247 g/mol. The van der Waals surface area contributed by atoms with E-state index in [-0.39, 0.29) is 0 Å². The van der Waals surface area contributed by atoms with Gasteiger partial charge in [-0.25, -0.2) is 9.97 Å². The first-order chi connectivity index (χ1) is 8.20. The number of aromatic nitrogens is 2. The second-order valence-corrected chi connectivity index (χ2v) is 5.34.